The maximum Gasteiger partial charge on any atom is 0.0942 e. The third kappa shape index (κ3) is 2.91. The number of benzene rings is 1. The van der Waals surface area contributed by atoms with Crippen LogP contribution in [0.25, 0.3) is 0 Å². The molecule has 0 aromatic heterocycles. The van der Waals surface area contributed by atoms with Crippen molar-refractivity contribution in [2.75, 3.05) is 20.3 Å². The van der Waals surface area contributed by atoms with Gasteiger partial charge in [-0.25, -0.2) is 0 Å². The van der Waals surface area contributed by atoms with E-state index in [1.54, 1.807) is 0 Å². The van der Waals surface area contributed by atoms with Gasteiger partial charge in [0.1, 0.15) is 0 Å². The van der Waals surface area contributed by atoms with Crippen LogP contribution in [-0.4, -0.2) is 42.4 Å². The normalized spacial score (nSPS) is 23.3. The number of aliphatic hydroxyl groups is 1. The molecule has 1 aromatic rings. The number of hydrogen-bond donors (Lipinski definition) is 1. The Morgan fingerprint density at radius 1 is 1.33 bits per heavy atom. The molecule has 0 amide bonds. The van der Waals surface area contributed by atoms with Crippen LogP contribution in [0.4, 0.5) is 0 Å². The molecule has 1 aliphatic rings. The minimum Gasteiger partial charge on any atom is -0.387 e. The summed E-state index contributed by atoms with van der Waals surface area (Å²) in [4.78, 5) is 2.23. The van der Waals surface area contributed by atoms with E-state index in [1.165, 1.54) is 5.56 Å². The maximum absolute atomic E-state index is 10.4. The Kier molecular flexibility index (Phi) is 4.38. The van der Waals surface area contributed by atoms with Crippen LogP contribution in [0.2, 0.25) is 0 Å². The minimum absolute atomic E-state index is 0.0967. The topological polar surface area (TPSA) is 32.7 Å². The summed E-state index contributed by atoms with van der Waals surface area (Å²) < 4.78 is 5.41. The molecule has 1 saturated heterocycles. The Labute approximate surface area is 109 Å². The predicted octanol–water partition coefficient (Wildman–Crippen LogP) is 2.14. The molecule has 18 heavy (non-hydrogen) atoms. The molecule has 3 heteroatoms. The molecular weight excluding hydrogens is 226 g/mol. The van der Waals surface area contributed by atoms with Gasteiger partial charge in [0.25, 0.3) is 0 Å². The maximum atomic E-state index is 10.4. The highest BCUT2D eigenvalue weighted by atomic mass is 16.5. The van der Waals surface area contributed by atoms with Gasteiger partial charge in [-0.15, -0.1) is 0 Å². The summed E-state index contributed by atoms with van der Waals surface area (Å²) in [5.41, 5.74) is 2.20. The Balaban J connectivity index is 2.02. The summed E-state index contributed by atoms with van der Waals surface area (Å²) in [6, 6.07) is 8.64. The first-order valence-corrected chi connectivity index (χ1v) is 6.64. The highest BCUT2D eigenvalue weighted by molar-refractivity contribution is 5.24. The molecule has 100 valence electrons. The molecule has 1 heterocycles. The van der Waals surface area contributed by atoms with Gasteiger partial charge in [0.2, 0.25) is 0 Å². The summed E-state index contributed by atoms with van der Waals surface area (Å²) in [6.07, 6.45) is 0.609. The third-order valence-corrected chi connectivity index (χ3v) is 4.00. The summed E-state index contributed by atoms with van der Waals surface area (Å²) >= 11 is 0. The zero-order chi connectivity index (χ0) is 13.1. The van der Waals surface area contributed by atoms with Crippen molar-refractivity contribution in [2.24, 2.45) is 0 Å². The van der Waals surface area contributed by atoms with Crippen LogP contribution >= 0.6 is 0 Å². The molecule has 0 spiro atoms. The number of rotatable bonds is 4. The SMILES string of the molecule is Cc1ccc(C(O)C(C)N(C)C2CCOC2)cc1. The molecular formula is C15H23NO2. The lowest BCUT2D eigenvalue weighted by Crippen LogP contribution is -2.42. The second-order valence-electron chi connectivity index (χ2n) is 5.28. The van der Waals surface area contributed by atoms with Crippen molar-refractivity contribution in [3.8, 4) is 0 Å². The van der Waals surface area contributed by atoms with Gasteiger partial charge in [-0.3, -0.25) is 4.90 Å². The van der Waals surface area contributed by atoms with Crippen LogP contribution in [0.3, 0.4) is 0 Å². The van der Waals surface area contributed by atoms with Gasteiger partial charge >= 0.3 is 0 Å². The molecule has 0 aliphatic carbocycles. The average Bonchev–Trinajstić information content (AvgIpc) is 2.91. The summed E-state index contributed by atoms with van der Waals surface area (Å²) in [5.74, 6) is 0. The Bertz CT molecular complexity index is 371. The molecule has 1 aromatic carbocycles. The molecule has 0 radical (unpaired) electrons. The van der Waals surface area contributed by atoms with Crippen LogP contribution in [0.15, 0.2) is 24.3 Å². The zero-order valence-corrected chi connectivity index (χ0v) is 11.5. The quantitative estimate of drug-likeness (QED) is 0.887. The average molecular weight is 249 g/mol. The van der Waals surface area contributed by atoms with Crippen LogP contribution in [0.1, 0.15) is 30.6 Å². The van der Waals surface area contributed by atoms with Gasteiger partial charge in [-0.05, 0) is 32.9 Å². The number of likely N-dealkylation sites (N-methyl/N-ethyl adjacent to an activating group) is 1. The van der Waals surface area contributed by atoms with Crippen LogP contribution in [-0.2, 0) is 4.74 Å². The van der Waals surface area contributed by atoms with Crippen LogP contribution in [0, 0.1) is 6.92 Å². The lowest BCUT2D eigenvalue weighted by molar-refractivity contribution is 0.0447. The van der Waals surface area contributed by atoms with Gasteiger partial charge in [0.15, 0.2) is 0 Å². The molecule has 0 bridgehead atoms. The van der Waals surface area contributed by atoms with Gasteiger partial charge < -0.3 is 9.84 Å². The molecule has 3 unspecified atom stereocenters. The van der Waals surface area contributed by atoms with Gasteiger partial charge in [0, 0.05) is 18.7 Å². The van der Waals surface area contributed by atoms with E-state index < -0.39 is 6.10 Å². The molecule has 3 atom stereocenters. The van der Waals surface area contributed by atoms with Crippen molar-refractivity contribution >= 4 is 0 Å². The summed E-state index contributed by atoms with van der Waals surface area (Å²) in [6.45, 7) is 5.74. The second-order valence-corrected chi connectivity index (χ2v) is 5.28. The zero-order valence-electron chi connectivity index (χ0n) is 11.5. The van der Waals surface area contributed by atoms with Crippen molar-refractivity contribution in [1.82, 2.24) is 4.90 Å². The fraction of sp³-hybridized carbons (Fsp3) is 0.600. The van der Waals surface area contributed by atoms with E-state index in [4.69, 9.17) is 4.74 Å². The van der Waals surface area contributed by atoms with E-state index in [-0.39, 0.29) is 6.04 Å². The second kappa shape index (κ2) is 5.83. The number of aliphatic hydroxyl groups excluding tert-OH is 1. The third-order valence-electron chi connectivity index (χ3n) is 4.00. The van der Waals surface area contributed by atoms with E-state index >= 15 is 0 Å². The molecule has 3 nitrogen and oxygen atoms in total. The summed E-state index contributed by atoms with van der Waals surface area (Å²) in [5, 5.41) is 10.4. The first kappa shape index (κ1) is 13.5. The fourth-order valence-corrected chi connectivity index (χ4v) is 2.44. The van der Waals surface area contributed by atoms with Crippen LogP contribution in [0.5, 0.6) is 0 Å². The van der Waals surface area contributed by atoms with E-state index in [0.717, 1.165) is 25.2 Å². The number of hydrogen-bond acceptors (Lipinski definition) is 3. The lowest BCUT2D eigenvalue weighted by atomic mass is 10.00. The van der Waals surface area contributed by atoms with E-state index in [1.807, 2.05) is 24.3 Å². The predicted molar refractivity (Wildman–Crippen MR) is 72.6 cm³/mol. The van der Waals surface area contributed by atoms with Crippen molar-refractivity contribution in [2.45, 2.75) is 38.5 Å². The molecule has 2 rings (SSSR count). The number of nitrogens with zero attached hydrogens (tertiary/aromatic N) is 1. The first-order valence-electron chi connectivity index (χ1n) is 6.64. The fourth-order valence-electron chi connectivity index (χ4n) is 2.44. The minimum atomic E-state index is -0.448. The highest BCUT2D eigenvalue weighted by Gasteiger charge is 2.28. The summed E-state index contributed by atoms with van der Waals surface area (Å²) in [7, 11) is 2.07. The molecule has 1 aliphatic heterocycles. The lowest BCUT2D eigenvalue weighted by Gasteiger charge is -2.33. The largest absolute Gasteiger partial charge is 0.387 e. The number of aryl methyl sites for hydroxylation is 1. The van der Waals surface area contributed by atoms with Crippen molar-refractivity contribution in [3.05, 3.63) is 35.4 Å². The number of ether oxygens (including phenoxy) is 1. The first-order chi connectivity index (χ1) is 8.59. The Morgan fingerprint density at radius 2 is 2.00 bits per heavy atom. The molecule has 1 fully saturated rings. The van der Waals surface area contributed by atoms with Crippen molar-refractivity contribution < 1.29 is 9.84 Å². The Morgan fingerprint density at radius 3 is 2.56 bits per heavy atom. The molecule has 1 N–H and O–H groups in total. The van der Waals surface area contributed by atoms with Crippen LogP contribution < -0.4 is 0 Å². The van der Waals surface area contributed by atoms with Gasteiger partial charge in [-0.2, -0.15) is 0 Å². The Hall–Kier alpha value is -0.900. The standard InChI is InChI=1S/C15H23NO2/c1-11-4-6-13(7-5-11)15(17)12(2)16(3)14-8-9-18-10-14/h4-7,12,14-15,17H,8-10H2,1-3H3. The monoisotopic (exact) mass is 249 g/mol. The molecule has 0 saturated carbocycles. The highest BCUT2D eigenvalue weighted by Crippen LogP contribution is 2.24. The smallest absolute Gasteiger partial charge is 0.0942 e. The van der Waals surface area contributed by atoms with Gasteiger partial charge in [0.05, 0.1) is 12.7 Å². The van der Waals surface area contributed by atoms with Crippen molar-refractivity contribution in [1.29, 1.82) is 0 Å². The van der Waals surface area contributed by atoms with E-state index in [2.05, 4.69) is 25.8 Å². The van der Waals surface area contributed by atoms with Gasteiger partial charge in [-0.1, -0.05) is 29.8 Å². The van der Waals surface area contributed by atoms with E-state index in [0.29, 0.717) is 6.04 Å². The van der Waals surface area contributed by atoms with Crippen molar-refractivity contribution in [3.63, 3.8) is 0 Å². The van der Waals surface area contributed by atoms with E-state index in [9.17, 15) is 5.11 Å².